The summed E-state index contributed by atoms with van der Waals surface area (Å²) in [5, 5.41) is 0. The maximum Gasteiger partial charge on any atom is 0.0678 e. The van der Waals surface area contributed by atoms with Gasteiger partial charge in [0.2, 0.25) is 0 Å². The minimum absolute atomic E-state index is 0.354. The molecule has 1 saturated heterocycles. The Labute approximate surface area is 98.2 Å². The van der Waals surface area contributed by atoms with E-state index in [9.17, 15) is 0 Å². The van der Waals surface area contributed by atoms with Crippen LogP contribution in [0.4, 0.5) is 0 Å². The zero-order valence-corrected chi connectivity index (χ0v) is 10.4. The number of nitrogens with zero attached hydrogens (tertiary/aromatic N) is 1. The number of rotatable bonds is 2. The molecule has 0 aromatic heterocycles. The number of ether oxygens (including phenoxy) is 1. The number of morpholine rings is 1. The van der Waals surface area contributed by atoms with Gasteiger partial charge < -0.3 is 4.74 Å². The summed E-state index contributed by atoms with van der Waals surface area (Å²) in [6, 6.07) is 8.63. The molecule has 2 rings (SSSR count). The zero-order valence-electron chi connectivity index (χ0n) is 10.4. The topological polar surface area (TPSA) is 12.5 Å². The van der Waals surface area contributed by atoms with E-state index in [0.717, 1.165) is 19.6 Å². The highest BCUT2D eigenvalue weighted by Gasteiger charge is 2.22. The number of benzene rings is 1. The van der Waals surface area contributed by atoms with Crippen LogP contribution in [0.2, 0.25) is 0 Å². The Hall–Kier alpha value is -0.860. The summed E-state index contributed by atoms with van der Waals surface area (Å²) in [7, 11) is 0. The third-order valence-corrected chi connectivity index (χ3v) is 3.15. The molecule has 88 valence electrons. The molecule has 0 saturated carbocycles. The molecule has 0 radical (unpaired) electrons. The maximum atomic E-state index is 5.74. The molecule has 1 aromatic rings. The summed E-state index contributed by atoms with van der Waals surface area (Å²) in [4.78, 5) is 2.49. The van der Waals surface area contributed by atoms with E-state index in [0.29, 0.717) is 12.2 Å². The quantitative estimate of drug-likeness (QED) is 0.758. The van der Waals surface area contributed by atoms with Crippen molar-refractivity contribution in [1.29, 1.82) is 0 Å². The SMILES string of the molecule is Cc1ccccc1CN1CC(C)OC(C)C1. The summed E-state index contributed by atoms with van der Waals surface area (Å²) in [5.41, 5.74) is 2.82. The first-order valence-electron chi connectivity index (χ1n) is 6.07. The largest absolute Gasteiger partial charge is 0.373 e. The summed E-state index contributed by atoms with van der Waals surface area (Å²) in [5.74, 6) is 0. The van der Waals surface area contributed by atoms with Crippen LogP contribution in [0.3, 0.4) is 0 Å². The van der Waals surface area contributed by atoms with Crippen molar-refractivity contribution in [1.82, 2.24) is 4.90 Å². The van der Waals surface area contributed by atoms with Gasteiger partial charge in [-0.25, -0.2) is 0 Å². The molecule has 0 spiro atoms. The monoisotopic (exact) mass is 219 g/mol. The Bertz CT molecular complexity index is 340. The fourth-order valence-corrected chi connectivity index (χ4v) is 2.44. The predicted octanol–water partition coefficient (Wildman–Crippen LogP) is 2.60. The lowest BCUT2D eigenvalue weighted by atomic mass is 10.1. The Balaban J connectivity index is 2.02. The lowest BCUT2D eigenvalue weighted by Crippen LogP contribution is -2.44. The van der Waals surface area contributed by atoms with Crippen molar-refractivity contribution < 1.29 is 4.74 Å². The molecule has 0 aliphatic carbocycles. The van der Waals surface area contributed by atoms with E-state index >= 15 is 0 Å². The molecule has 1 aromatic carbocycles. The summed E-state index contributed by atoms with van der Waals surface area (Å²) in [6.07, 6.45) is 0.709. The van der Waals surface area contributed by atoms with Crippen LogP contribution in [0.15, 0.2) is 24.3 Å². The molecule has 2 nitrogen and oxygen atoms in total. The standard InChI is InChI=1S/C14H21NO/c1-11-6-4-5-7-14(11)10-15-8-12(2)16-13(3)9-15/h4-7,12-13H,8-10H2,1-3H3. The second-order valence-corrected chi connectivity index (χ2v) is 4.88. The Morgan fingerprint density at radius 1 is 1.19 bits per heavy atom. The van der Waals surface area contributed by atoms with Gasteiger partial charge in [-0.05, 0) is 31.9 Å². The molecular formula is C14H21NO. The van der Waals surface area contributed by atoms with E-state index in [-0.39, 0.29) is 0 Å². The van der Waals surface area contributed by atoms with E-state index in [4.69, 9.17) is 4.74 Å². The van der Waals surface area contributed by atoms with Crippen LogP contribution in [-0.2, 0) is 11.3 Å². The molecular weight excluding hydrogens is 198 g/mol. The van der Waals surface area contributed by atoms with Gasteiger partial charge in [-0.15, -0.1) is 0 Å². The third kappa shape index (κ3) is 2.83. The first-order chi connectivity index (χ1) is 7.65. The van der Waals surface area contributed by atoms with Crippen LogP contribution in [-0.4, -0.2) is 30.2 Å². The molecule has 2 atom stereocenters. The molecule has 1 aliphatic heterocycles. The van der Waals surface area contributed by atoms with Gasteiger partial charge in [0.05, 0.1) is 12.2 Å². The van der Waals surface area contributed by atoms with Crippen LogP contribution >= 0.6 is 0 Å². The molecule has 0 bridgehead atoms. The number of hydrogen-bond acceptors (Lipinski definition) is 2. The second kappa shape index (κ2) is 4.98. The smallest absolute Gasteiger partial charge is 0.0678 e. The van der Waals surface area contributed by atoms with Gasteiger partial charge in [-0.3, -0.25) is 4.90 Å². The van der Waals surface area contributed by atoms with Gasteiger partial charge in [-0.1, -0.05) is 24.3 Å². The molecule has 0 amide bonds. The Kier molecular flexibility index (Phi) is 3.62. The highest BCUT2D eigenvalue weighted by molar-refractivity contribution is 5.25. The molecule has 2 heteroatoms. The highest BCUT2D eigenvalue weighted by atomic mass is 16.5. The summed E-state index contributed by atoms with van der Waals surface area (Å²) >= 11 is 0. The molecule has 1 heterocycles. The highest BCUT2D eigenvalue weighted by Crippen LogP contribution is 2.16. The average molecular weight is 219 g/mol. The Morgan fingerprint density at radius 3 is 2.44 bits per heavy atom. The van der Waals surface area contributed by atoms with Gasteiger partial charge in [0.15, 0.2) is 0 Å². The van der Waals surface area contributed by atoms with Crippen molar-refractivity contribution in [2.45, 2.75) is 39.5 Å². The minimum atomic E-state index is 0.354. The van der Waals surface area contributed by atoms with E-state index in [1.54, 1.807) is 0 Å². The minimum Gasteiger partial charge on any atom is -0.373 e. The van der Waals surface area contributed by atoms with E-state index < -0.39 is 0 Å². The van der Waals surface area contributed by atoms with Crippen molar-refractivity contribution in [2.24, 2.45) is 0 Å². The van der Waals surface area contributed by atoms with Crippen molar-refractivity contribution in [2.75, 3.05) is 13.1 Å². The van der Waals surface area contributed by atoms with Crippen LogP contribution in [0, 0.1) is 6.92 Å². The van der Waals surface area contributed by atoms with Gasteiger partial charge in [0.25, 0.3) is 0 Å². The van der Waals surface area contributed by atoms with Crippen molar-refractivity contribution in [3.05, 3.63) is 35.4 Å². The van der Waals surface area contributed by atoms with Crippen LogP contribution in [0.1, 0.15) is 25.0 Å². The van der Waals surface area contributed by atoms with Crippen molar-refractivity contribution in [3.8, 4) is 0 Å². The molecule has 16 heavy (non-hydrogen) atoms. The number of aryl methyl sites for hydroxylation is 1. The maximum absolute atomic E-state index is 5.74. The molecule has 1 fully saturated rings. The zero-order chi connectivity index (χ0) is 11.5. The first-order valence-corrected chi connectivity index (χ1v) is 6.07. The van der Waals surface area contributed by atoms with Crippen LogP contribution in [0.5, 0.6) is 0 Å². The fraction of sp³-hybridized carbons (Fsp3) is 0.571. The lowest BCUT2D eigenvalue weighted by molar-refractivity contribution is -0.0705. The van der Waals surface area contributed by atoms with Crippen LogP contribution in [0.25, 0.3) is 0 Å². The second-order valence-electron chi connectivity index (χ2n) is 4.88. The third-order valence-electron chi connectivity index (χ3n) is 3.15. The average Bonchev–Trinajstić information content (AvgIpc) is 2.20. The van der Waals surface area contributed by atoms with Gasteiger partial charge >= 0.3 is 0 Å². The van der Waals surface area contributed by atoms with Gasteiger partial charge in [0.1, 0.15) is 0 Å². The van der Waals surface area contributed by atoms with Crippen molar-refractivity contribution >= 4 is 0 Å². The van der Waals surface area contributed by atoms with E-state index in [1.807, 2.05) is 0 Å². The number of hydrogen-bond donors (Lipinski definition) is 0. The summed E-state index contributed by atoms with van der Waals surface area (Å²) < 4.78 is 5.74. The van der Waals surface area contributed by atoms with Crippen molar-refractivity contribution in [3.63, 3.8) is 0 Å². The van der Waals surface area contributed by atoms with E-state index in [1.165, 1.54) is 11.1 Å². The normalized spacial score (nSPS) is 26.9. The van der Waals surface area contributed by atoms with Gasteiger partial charge in [-0.2, -0.15) is 0 Å². The Morgan fingerprint density at radius 2 is 1.81 bits per heavy atom. The predicted molar refractivity (Wildman–Crippen MR) is 66.5 cm³/mol. The molecule has 1 aliphatic rings. The fourth-order valence-electron chi connectivity index (χ4n) is 2.44. The van der Waals surface area contributed by atoms with E-state index in [2.05, 4.69) is 49.9 Å². The van der Waals surface area contributed by atoms with Crippen LogP contribution < -0.4 is 0 Å². The summed E-state index contributed by atoms with van der Waals surface area (Å²) in [6.45, 7) is 9.62. The molecule has 0 N–H and O–H groups in total. The molecule has 2 unspecified atom stereocenters. The van der Waals surface area contributed by atoms with Gasteiger partial charge in [0, 0.05) is 19.6 Å². The first kappa shape index (κ1) is 11.6. The lowest BCUT2D eigenvalue weighted by Gasteiger charge is -2.35.